The lowest BCUT2D eigenvalue weighted by Crippen LogP contribution is -2.36. The summed E-state index contributed by atoms with van der Waals surface area (Å²) in [4.78, 5) is 19.1. The number of fused-ring (bicyclic) bond motifs is 1. The van der Waals surface area contributed by atoms with Crippen LogP contribution in [0.5, 0.6) is 0 Å². The summed E-state index contributed by atoms with van der Waals surface area (Å²) >= 11 is 1.20. The lowest BCUT2D eigenvalue weighted by Gasteiger charge is -2.27. The van der Waals surface area contributed by atoms with Crippen molar-refractivity contribution in [2.24, 2.45) is 0 Å². The summed E-state index contributed by atoms with van der Waals surface area (Å²) < 4.78 is 39.5. The zero-order valence-corrected chi connectivity index (χ0v) is 18.7. The molecule has 0 unspecified atom stereocenters. The number of amides is 1. The van der Waals surface area contributed by atoms with Crippen molar-refractivity contribution < 1.29 is 17.6 Å². The Bertz CT molecular complexity index is 1370. The Kier molecular flexibility index (Phi) is 5.40. The van der Waals surface area contributed by atoms with Crippen LogP contribution in [0.25, 0.3) is 21.4 Å². The first kappa shape index (κ1) is 20.7. The number of pyridine rings is 1. The molecule has 0 saturated carbocycles. The summed E-state index contributed by atoms with van der Waals surface area (Å²) in [6.45, 7) is 1.32. The average molecular weight is 469 g/mol. The summed E-state index contributed by atoms with van der Waals surface area (Å²) in [5, 5.41) is 0.319. The van der Waals surface area contributed by atoms with Gasteiger partial charge in [-0.25, -0.2) is 4.98 Å². The van der Waals surface area contributed by atoms with E-state index in [1.165, 1.54) is 23.9 Å². The summed E-state index contributed by atoms with van der Waals surface area (Å²) in [6, 6.07) is 10.3. The normalized spacial score (nSPS) is 14.6. The maximum absolute atomic E-state index is 13.3. The Morgan fingerprint density at radius 2 is 1.97 bits per heavy atom. The molecular formula is C22H20N4O4S2. The van der Waals surface area contributed by atoms with Gasteiger partial charge in [0.2, 0.25) is 0 Å². The number of hydrogen-bond acceptors (Lipinski definition) is 7. The van der Waals surface area contributed by atoms with Crippen LogP contribution in [0.15, 0.2) is 64.5 Å². The minimum atomic E-state index is -4.08. The van der Waals surface area contributed by atoms with Crippen molar-refractivity contribution in [3.8, 4) is 11.3 Å². The molecule has 1 aliphatic rings. The van der Waals surface area contributed by atoms with Crippen LogP contribution in [-0.4, -0.2) is 41.7 Å². The SMILES string of the molecule is O=C(c1ccc(-c2ccco2)cc1NS(=O)(=O)c1nccc2sncc12)N1CCCCC1. The molecule has 0 spiro atoms. The standard InChI is InChI=1S/C22H20N4O4S2/c27-22(26-10-2-1-3-11-26)16-7-6-15(19-5-4-12-30-19)13-18(16)25-32(28,29)21-17-14-24-31-20(17)8-9-23-21/h4-9,12-14,25H,1-3,10-11H2. The van der Waals surface area contributed by atoms with E-state index in [1.54, 1.807) is 47.6 Å². The summed E-state index contributed by atoms with van der Waals surface area (Å²) in [7, 11) is -4.08. The van der Waals surface area contributed by atoms with E-state index in [0.29, 0.717) is 40.1 Å². The van der Waals surface area contributed by atoms with Gasteiger partial charge in [0.1, 0.15) is 5.76 Å². The van der Waals surface area contributed by atoms with Gasteiger partial charge in [0.15, 0.2) is 5.03 Å². The van der Waals surface area contributed by atoms with Gasteiger partial charge in [0, 0.05) is 24.8 Å². The largest absolute Gasteiger partial charge is 0.464 e. The number of furan rings is 1. The van der Waals surface area contributed by atoms with Gasteiger partial charge in [-0.3, -0.25) is 9.52 Å². The van der Waals surface area contributed by atoms with E-state index >= 15 is 0 Å². The third-order valence-electron chi connectivity index (χ3n) is 5.44. The first-order valence-corrected chi connectivity index (χ1v) is 12.5. The molecule has 4 aromatic rings. The molecule has 0 atom stereocenters. The van der Waals surface area contributed by atoms with Crippen molar-refractivity contribution >= 4 is 43.2 Å². The van der Waals surface area contributed by atoms with E-state index in [0.717, 1.165) is 19.3 Å². The number of likely N-dealkylation sites (tertiary alicyclic amines) is 1. The second-order valence-corrected chi connectivity index (χ2v) is 9.98. The average Bonchev–Trinajstić information content (AvgIpc) is 3.51. The molecule has 1 aromatic carbocycles. The van der Waals surface area contributed by atoms with Gasteiger partial charge in [0.25, 0.3) is 15.9 Å². The molecule has 3 aromatic heterocycles. The molecule has 1 fully saturated rings. The molecule has 10 heteroatoms. The van der Waals surface area contributed by atoms with Crippen LogP contribution in [0.1, 0.15) is 29.6 Å². The fourth-order valence-corrected chi connectivity index (χ4v) is 5.77. The van der Waals surface area contributed by atoms with Crippen molar-refractivity contribution in [1.29, 1.82) is 0 Å². The molecule has 1 amide bonds. The summed E-state index contributed by atoms with van der Waals surface area (Å²) in [5.74, 6) is 0.376. The van der Waals surface area contributed by atoms with E-state index < -0.39 is 10.0 Å². The van der Waals surface area contributed by atoms with Gasteiger partial charge in [-0.2, -0.15) is 12.8 Å². The van der Waals surface area contributed by atoms with Crippen LogP contribution in [0.4, 0.5) is 5.69 Å². The number of benzene rings is 1. The Labute approximate surface area is 189 Å². The van der Waals surface area contributed by atoms with Gasteiger partial charge in [-0.05, 0) is 61.1 Å². The van der Waals surface area contributed by atoms with Crippen LogP contribution in [0.3, 0.4) is 0 Å². The third kappa shape index (κ3) is 3.87. The quantitative estimate of drug-likeness (QED) is 0.466. The summed E-state index contributed by atoms with van der Waals surface area (Å²) in [5.41, 5.74) is 1.14. The lowest BCUT2D eigenvalue weighted by atomic mass is 10.0. The fraction of sp³-hybridized carbons (Fsp3) is 0.227. The van der Waals surface area contributed by atoms with Crippen LogP contribution in [0, 0.1) is 0 Å². The Hall–Kier alpha value is -3.24. The minimum Gasteiger partial charge on any atom is -0.464 e. The van der Waals surface area contributed by atoms with Gasteiger partial charge < -0.3 is 9.32 Å². The van der Waals surface area contributed by atoms with Gasteiger partial charge in [-0.15, -0.1) is 0 Å². The monoisotopic (exact) mass is 468 g/mol. The highest BCUT2D eigenvalue weighted by Crippen LogP contribution is 2.31. The van der Waals surface area contributed by atoms with Gasteiger partial charge in [-0.1, -0.05) is 6.07 Å². The number of nitrogens with one attached hydrogen (secondary N) is 1. The van der Waals surface area contributed by atoms with Crippen molar-refractivity contribution in [2.45, 2.75) is 24.3 Å². The second kappa shape index (κ2) is 8.36. The van der Waals surface area contributed by atoms with E-state index in [9.17, 15) is 13.2 Å². The molecule has 4 heterocycles. The number of aromatic nitrogens is 2. The Morgan fingerprint density at radius 1 is 1.12 bits per heavy atom. The number of rotatable bonds is 5. The molecule has 1 saturated heterocycles. The third-order valence-corrected chi connectivity index (χ3v) is 7.53. The highest BCUT2D eigenvalue weighted by atomic mass is 32.2. The number of hydrogen-bond donors (Lipinski definition) is 1. The summed E-state index contributed by atoms with van der Waals surface area (Å²) in [6.07, 6.45) is 7.43. The fourth-order valence-electron chi connectivity index (χ4n) is 3.86. The number of piperidine rings is 1. The maximum Gasteiger partial charge on any atom is 0.280 e. The van der Waals surface area contributed by atoms with Crippen molar-refractivity contribution in [2.75, 3.05) is 17.8 Å². The predicted molar refractivity (Wildman–Crippen MR) is 122 cm³/mol. The van der Waals surface area contributed by atoms with Crippen LogP contribution < -0.4 is 4.72 Å². The van der Waals surface area contributed by atoms with Gasteiger partial charge in [0.05, 0.1) is 33.8 Å². The van der Waals surface area contributed by atoms with Crippen molar-refractivity contribution in [1.82, 2.24) is 14.3 Å². The van der Waals surface area contributed by atoms with E-state index in [4.69, 9.17) is 4.42 Å². The molecule has 0 radical (unpaired) electrons. The number of anilines is 1. The van der Waals surface area contributed by atoms with Crippen LogP contribution in [0.2, 0.25) is 0 Å². The molecule has 5 rings (SSSR count). The zero-order chi connectivity index (χ0) is 22.1. The predicted octanol–water partition coefficient (Wildman–Crippen LogP) is 4.38. The minimum absolute atomic E-state index is 0.122. The maximum atomic E-state index is 13.3. The molecule has 8 nitrogen and oxygen atoms in total. The highest BCUT2D eigenvalue weighted by molar-refractivity contribution is 7.92. The van der Waals surface area contributed by atoms with Gasteiger partial charge >= 0.3 is 0 Å². The zero-order valence-electron chi connectivity index (χ0n) is 17.0. The number of carbonyl (C=O) groups is 1. The molecule has 32 heavy (non-hydrogen) atoms. The Morgan fingerprint density at radius 3 is 2.75 bits per heavy atom. The van der Waals surface area contributed by atoms with Crippen molar-refractivity contribution in [3.05, 3.63) is 60.6 Å². The van der Waals surface area contributed by atoms with E-state index in [-0.39, 0.29) is 16.6 Å². The lowest BCUT2D eigenvalue weighted by molar-refractivity contribution is 0.0725. The molecule has 1 aliphatic heterocycles. The Balaban J connectivity index is 1.58. The topological polar surface area (TPSA) is 105 Å². The molecule has 0 aliphatic carbocycles. The first-order chi connectivity index (χ1) is 15.5. The van der Waals surface area contributed by atoms with E-state index in [1.807, 2.05) is 0 Å². The number of nitrogens with zero attached hydrogens (tertiary/aromatic N) is 3. The number of carbonyl (C=O) groups excluding carboxylic acids is 1. The molecule has 164 valence electrons. The number of sulfonamides is 1. The molecule has 0 bridgehead atoms. The van der Waals surface area contributed by atoms with Crippen LogP contribution in [-0.2, 0) is 10.0 Å². The second-order valence-electron chi connectivity index (χ2n) is 7.55. The van der Waals surface area contributed by atoms with Crippen molar-refractivity contribution in [3.63, 3.8) is 0 Å². The smallest absolute Gasteiger partial charge is 0.280 e. The van der Waals surface area contributed by atoms with Crippen LogP contribution >= 0.6 is 11.5 Å². The molecular weight excluding hydrogens is 448 g/mol. The highest BCUT2D eigenvalue weighted by Gasteiger charge is 2.26. The first-order valence-electron chi connectivity index (χ1n) is 10.2. The molecule has 1 N–H and O–H groups in total. The van der Waals surface area contributed by atoms with E-state index in [2.05, 4.69) is 14.1 Å².